The van der Waals surface area contributed by atoms with E-state index in [1.165, 1.54) is 6.20 Å². The average molecular weight is 273 g/mol. The van der Waals surface area contributed by atoms with Crippen LogP contribution < -0.4 is 5.32 Å². The van der Waals surface area contributed by atoms with Crippen molar-refractivity contribution in [1.29, 1.82) is 5.26 Å². The van der Waals surface area contributed by atoms with Gasteiger partial charge in [0, 0.05) is 12.4 Å². The van der Waals surface area contributed by atoms with E-state index < -0.39 is 24.0 Å². The van der Waals surface area contributed by atoms with Crippen LogP contribution in [0.3, 0.4) is 0 Å². The van der Waals surface area contributed by atoms with E-state index in [9.17, 15) is 9.59 Å². The number of carbonyl (C=O) groups excluding carboxylic acids is 2. The number of hydrogen-bond acceptors (Lipinski definition) is 5. The fourth-order valence-electron chi connectivity index (χ4n) is 2.24. The summed E-state index contributed by atoms with van der Waals surface area (Å²) in [4.78, 5) is 27.2. The average Bonchev–Trinajstić information content (AvgIpc) is 2.95. The summed E-state index contributed by atoms with van der Waals surface area (Å²) in [5.41, 5.74) is -0.506. The van der Waals surface area contributed by atoms with Crippen LogP contribution in [0.25, 0.3) is 0 Å². The minimum atomic E-state index is -0.794. The van der Waals surface area contributed by atoms with Gasteiger partial charge >= 0.3 is 5.97 Å². The van der Waals surface area contributed by atoms with Crippen LogP contribution in [0.4, 0.5) is 0 Å². The Morgan fingerprint density at radius 3 is 2.80 bits per heavy atom. The van der Waals surface area contributed by atoms with E-state index in [0.29, 0.717) is 12.8 Å². The fourth-order valence-corrected chi connectivity index (χ4v) is 2.24. The third-order valence-corrected chi connectivity index (χ3v) is 3.28. The first-order valence-electron chi connectivity index (χ1n) is 6.45. The minimum Gasteiger partial charge on any atom is -0.452 e. The highest BCUT2D eigenvalue weighted by molar-refractivity contribution is 5.91. The van der Waals surface area contributed by atoms with Gasteiger partial charge in [-0.2, -0.15) is 5.26 Å². The molecule has 0 bridgehead atoms. The molecule has 2 rings (SSSR count). The molecule has 0 spiro atoms. The number of carbonyl (C=O) groups is 2. The minimum absolute atomic E-state index is 0.288. The number of pyridine rings is 1. The Kier molecular flexibility index (Phi) is 4.31. The van der Waals surface area contributed by atoms with Gasteiger partial charge in [0.25, 0.3) is 5.91 Å². The van der Waals surface area contributed by atoms with Gasteiger partial charge < -0.3 is 10.1 Å². The van der Waals surface area contributed by atoms with Crippen LogP contribution >= 0.6 is 0 Å². The Morgan fingerprint density at radius 1 is 1.45 bits per heavy atom. The number of amides is 1. The van der Waals surface area contributed by atoms with Gasteiger partial charge in [0.05, 0.1) is 11.6 Å². The Labute approximate surface area is 116 Å². The van der Waals surface area contributed by atoms with Gasteiger partial charge in [-0.1, -0.05) is 0 Å². The van der Waals surface area contributed by atoms with Crippen molar-refractivity contribution in [1.82, 2.24) is 10.3 Å². The van der Waals surface area contributed by atoms with Crippen LogP contribution in [-0.2, 0) is 9.53 Å². The molecule has 6 heteroatoms. The van der Waals surface area contributed by atoms with Crippen LogP contribution in [0.15, 0.2) is 24.5 Å². The van der Waals surface area contributed by atoms with E-state index in [-0.39, 0.29) is 5.56 Å². The molecule has 0 saturated heterocycles. The van der Waals surface area contributed by atoms with E-state index in [0.717, 1.165) is 12.8 Å². The quantitative estimate of drug-likeness (QED) is 0.832. The number of ether oxygens (including phenoxy) is 1. The van der Waals surface area contributed by atoms with Gasteiger partial charge in [-0.05, 0) is 37.8 Å². The van der Waals surface area contributed by atoms with E-state index in [4.69, 9.17) is 10.00 Å². The maximum absolute atomic E-state index is 11.7. The summed E-state index contributed by atoms with van der Waals surface area (Å²) in [5.74, 6) is -1.06. The zero-order valence-corrected chi connectivity index (χ0v) is 11.0. The summed E-state index contributed by atoms with van der Waals surface area (Å²) in [6, 6.07) is 5.31. The zero-order valence-electron chi connectivity index (χ0n) is 11.0. The molecule has 1 saturated carbocycles. The third kappa shape index (κ3) is 3.32. The molecule has 104 valence electrons. The molecule has 1 heterocycles. The van der Waals surface area contributed by atoms with Gasteiger partial charge in [-0.25, -0.2) is 4.79 Å². The van der Waals surface area contributed by atoms with Crippen LogP contribution in [0.1, 0.15) is 36.0 Å². The topological polar surface area (TPSA) is 92.1 Å². The Hall–Kier alpha value is -2.42. The molecule has 1 amide bonds. The van der Waals surface area contributed by atoms with Gasteiger partial charge in [0.1, 0.15) is 5.54 Å². The summed E-state index contributed by atoms with van der Waals surface area (Å²) >= 11 is 0. The molecule has 0 aliphatic heterocycles. The first kappa shape index (κ1) is 14.0. The van der Waals surface area contributed by atoms with Crippen molar-refractivity contribution >= 4 is 11.9 Å². The fraction of sp³-hybridized carbons (Fsp3) is 0.429. The Morgan fingerprint density at radius 2 is 2.20 bits per heavy atom. The number of esters is 1. The Bertz CT molecular complexity index is 530. The molecular weight excluding hydrogens is 258 g/mol. The molecule has 0 radical (unpaired) electrons. The number of nitriles is 1. The second-order valence-electron chi connectivity index (χ2n) is 4.77. The standard InChI is InChI=1S/C14H15N3O3/c15-10-14(5-1-2-6-14)17-12(18)9-20-13(19)11-4-3-7-16-8-11/h3-4,7-8H,1-2,5-6,9H2,(H,17,18). The first-order chi connectivity index (χ1) is 9.65. The van der Waals surface area contributed by atoms with Crippen LogP contribution in [0, 0.1) is 11.3 Å². The van der Waals surface area contributed by atoms with Gasteiger partial charge in [0.2, 0.25) is 0 Å². The Balaban J connectivity index is 1.84. The van der Waals surface area contributed by atoms with Crippen LogP contribution in [0.2, 0.25) is 0 Å². The van der Waals surface area contributed by atoms with Crippen molar-refractivity contribution in [3.8, 4) is 6.07 Å². The molecule has 6 nitrogen and oxygen atoms in total. The molecule has 20 heavy (non-hydrogen) atoms. The predicted molar refractivity (Wildman–Crippen MR) is 69.5 cm³/mol. The molecular formula is C14H15N3O3. The van der Waals surface area contributed by atoms with Crippen molar-refractivity contribution < 1.29 is 14.3 Å². The number of aromatic nitrogens is 1. The third-order valence-electron chi connectivity index (χ3n) is 3.28. The summed E-state index contributed by atoms with van der Waals surface area (Å²) in [6.07, 6.45) is 6.04. The van der Waals surface area contributed by atoms with E-state index in [1.54, 1.807) is 18.3 Å². The smallest absolute Gasteiger partial charge is 0.340 e. The lowest BCUT2D eigenvalue weighted by atomic mass is 10.00. The second-order valence-corrected chi connectivity index (χ2v) is 4.77. The first-order valence-corrected chi connectivity index (χ1v) is 6.45. The lowest BCUT2D eigenvalue weighted by molar-refractivity contribution is -0.125. The van der Waals surface area contributed by atoms with Gasteiger partial charge in [0.15, 0.2) is 6.61 Å². The highest BCUT2D eigenvalue weighted by Gasteiger charge is 2.35. The molecule has 1 aliphatic rings. The molecule has 0 aromatic carbocycles. The van der Waals surface area contributed by atoms with E-state index in [1.807, 2.05) is 0 Å². The van der Waals surface area contributed by atoms with Crippen molar-refractivity contribution in [3.05, 3.63) is 30.1 Å². The number of rotatable bonds is 4. The zero-order chi connectivity index (χ0) is 14.4. The lowest BCUT2D eigenvalue weighted by Gasteiger charge is -2.21. The molecule has 0 atom stereocenters. The summed E-state index contributed by atoms with van der Waals surface area (Å²) in [6.45, 7) is -0.392. The molecule has 0 unspecified atom stereocenters. The normalized spacial score (nSPS) is 16.1. The largest absolute Gasteiger partial charge is 0.452 e. The molecule has 1 N–H and O–H groups in total. The van der Waals surface area contributed by atoms with Crippen molar-refractivity contribution in [2.24, 2.45) is 0 Å². The highest BCUT2D eigenvalue weighted by Crippen LogP contribution is 2.28. The van der Waals surface area contributed by atoms with Crippen LogP contribution in [0.5, 0.6) is 0 Å². The summed E-state index contributed by atoms with van der Waals surface area (Å²) in [7, 11) is 0. The maximum atomic E-state index is 11.7. The highest BCUT2D eigenvalue weighted by atomic mass is 16.5. The van der Waals surface area contributed by atoms with Crippen molar-refractivity contribution in [2.75, 3.05) is 6.61 Å². The number of nitrogens with one attached hydrogen (secondary N) is 1. The summed E-state index contributed by atoms with van der Waals surface area (Å²) in [5, 5.41) is 11.8. The molecule has 1 aromatic heterocycles. The predicted octanol–water partition coefficient (Wildman–Crippen LogP) is 1.19. The van der Waals surface area contributed by atoms with Crippen molar-refractivity contribution in [2.45, 2.75) is 31.2 Å². The number of nitrogens with zero attached hydrogens (tertiary/aromatic N) is 2. The SMILES string of the molecule is N#CC1(NC(=O)COC(=O)c2cccnc2)CCCC1. The molecule has 1 aromatic rings. The summed E-state index contributed by atoms with van der Waals surface area (Å²) < 4.78 is 4.89. The number of hydrogen-bond donors (Lipinski definition) is 1. The van der Waals surface area contributed by atoms with E-state index >= 15 is 0 Å². The van der Waals surface area contributed by atoms with Gasteiger partial charge in [-0.15, -0.1) is 0 Å². The van der Waals surface area contributed by atoms with Crippen molar-refractivity contribution in [3.63, 3.8) is 0 Å². The van der Waals surface area contributed by atoms with Gasteiger partial charge in [-0.3, -0.25) is 9.78 Å². The monoisotopic (exact) mass is 273 g/mol. The maximum Gasteiger partial charge on any atom is 0.340 e. The van der Waals surface area contributed by atoms with Crippen LogP contribution in [-0.4, -0.2) is 29.0 Å². The lowest BCUT2D eigenvalue weighted by Crippen LogP contribution is -2.46. The molecule has 1 fully saturated rings. The molecule has 1 aliphatic carbocycles. The second kappa shape index (κ2) is 6.15. The van der Waals surface area contributed by atoms with E-state index in [2.05, 4.69) is 16.4 Å².